The second-order valence-corrected chi connectivity index (χ2v) is 10.1. The van der Waals surface area contributed by atoms with Gasteiger partial charge in [-0.25, -0.2) is 4.79 Å². The van der Waals surface area contributed by atoms with Crippen LogP contribution in [0.3, 0.4) is 0 Å². The van der Waals surface area contributed by atoms with E-state index >= 15 is 0 Å². The quantitative estimate of drug-likeness (QED) is 0.587. The van der Waals surface area contributed by atoms with E-state index in [-0.39, 0.29) is 24.3 Å². The van der Waals surface area contributed by atoms with E-state index in [1.165, 1.54) is 0 Å². The molecule has 9 nitrogen and oxygen atoms in total. The van der Waals surface area contributed by atoms with Crippen molar-refractivity contribution < 1.29 is 23.9 Å². The molecule has 9 heteroatoms. The van der Waals surface area contributed by atoms with Crippen LogP contribution in [0.15, 0.2) is 18.2 Å². The summed E-state index contributed by atoms with van der Waals surface area (Å²) in [5.74, 6) is -0.514. The van der Waals surface area contributed by atoms with E-state index < -0.39 is 23.6 Å². The number of anilines is 1. The molecule has 0 aromatic heterocycles. The standard InChI is InChI=1S/C24H32N4O5/c1-24(2,3)33-23(32)25-12-14-7-8-15(11-14)26-18-6-4-5-16-17(18)13-28(22(16)31)19-9-10-20(29)27-21(19)30/h4-6,14-15,19,26H,7-13H2,1-3H3,(H,25,32)(H,27,29,30)/t14-,15-,19?/m1/s1. The molecule has 2 heterocycles. The van der Waals surface area contributed by atoms with Crippen molar-refractivity contribution in [2.45, 2.75) is 77.1 Å². The smallest absolute Gasteiger partial charge is 0.407 e. The molecular weight excluding hydrogens is 424 g/mol. The SMILES string of the molecule is CC(C)(C)OC(=O)NC[C@@H]1CC[C@@H](Nc2cccc3c2CN(C2CCC(=O)NC2=O)C3=O)C1. The molecule has 4 amide bonds. The van der Waals surface area contributed by atoms with Crippen molar-refractivity contribution in [2.75, 3.05) is 11.9 Å². The minimum atomic E-state index is -0.620. The fourth-order valence-electron chi connectivity index (χ4n) is 4.87. The number of piperidine rings is 1. The minimum Gasteiger partial charge on any atom is -0.444 e. The second kappa shape index (κ2) is 9.03. The summed E-state index contributed by atoms with van der Waals surface area (Å²) in [6.07, 6.45) is 3.06. The Morgan fingerprint density at radius 3 is 2.70 bits per heavy atom. The molecule has 1 unspecified atom stereocenters. The van der Waals surface area contributed by atoms with Gasteiger partial charge in [-0.3, -0.25) is 19.7 Å². The molecule has 178 valence electrons. The molecule has 0 bridgehead atoms. The summed E-state index contributed by atoms with van der Waals surface area (Å²) in [6, 6.07) is 5.22. The summed E-state index contributed by atoms with van der Waals surface area (Å²) in [6.45, 7) is 6.44. The number of alkyl carbamates (subject to hydrolysis) is 1. The maximum Gasteiger partial charge on any atom is 0.407 e. The third-order valence-corrected chi connectivity index (χ3v) is 6.42. The number of hydrogen-bond acceptors (Lipinski definition) is 6. The molecular formula is C24H32N4O5. The van der Waals surface area contributed by atoms with Crippen molar-refractivity contribution in [3.63, 3.8) is 0 Å². The Hall–Kier alpha value is -3.10. The van der Waals surface area contributed by atoms with Gasteiger partial charge in [-0.2, -0.15) is 0 Å². The number of carbonyl (C=O) groups is 4. The summed E-state index contributed by atoms with van der Waals surface area (Å²) in [5.41, 5.74) is 1.88. The summed E-state index contributed by atoms with van der Waals surface area (Å²) < 4.78 is 5.30. The molecule has 2 fully saturated rings. The number of carbonyl (C=O) groups excluding carboxylic acids is 4. The number of fused-ring (bicyclic) bond motifs is 1. The van der Waals surface area contributed by atoms with Gasteiger partial charge in [0.2, 0.25) is 11.8 Å². The van der Waals surface area contributed by atoms with Crippen LogP contribution in [0.5, 0.6) is 0 Å². The van der Waals surface area contributed by atoms with Crippen molar-refractivity contribution in [3.8, 4) is 0 Å². The molecule has 0 radical (unpaired) electrons. The number of benzene rings is 1. The first-order valence-electron chi connectivity index (χ1n) is 11.6. The fraction of sp³-hybridized carbons (Fsp3) is 0.583. The number of nitrogens with zero attached hydrogens (tertiary/aromatic N) is 1. The Morgan fingerprint density at radius 1 is 1.18 bits per heavy atom. The van der Waals surface area contributed by atoms with E-state index in [1.54, 1.807) is 11.0 Å². The molecule has 1 saturated carbocycles. The topological polar surface area (TPSA) is 117 Å². The third kappa shape index (κ3) is 5.29. The Bertz CT molecular complexity index is 970. The lowest BCUT2D eigenvalue weighted by molar-refractivity contribution is -0.136. The van der Waals surface area contributed by atoms with Gasteiger partial charge < -0.3 is 20.3 Å². The van der Waals surface area contributed by atoms with E-state index in [0.29, 0.717) is 31.0 Å². The average Bonchev–Trinajstić information content (AvgIpc) is 3.31. The van der Waals surface area contributed by atoms with Crippen LogP contribution in [0, 0.1) is 5.92 Å². The number of ether oxygens (including phenoxy) is 1. The average molecular weight is 457 g/mol. The predicted molar refractivity (Wildman–Crippen MR) is 121 cm³/mol. The normalized spacial score (nSPS) is 25.0. The Labute approximate surface area is 193 Å². The minimum absolute atomic E-state index is 0.172. The van der Waals surface area contributed by atoms with Gasteiger partial charge in [0.25, 0.3) is 5.91 Å². The van der Waals surface area contributed by atoms with Crippen LogP contribution < -0.4 is 16.0 Å². The van der Waals surface area contributed by atoms with Crippen LogP contribution in [-0.2, 0) is 20.9 Å². The van der Waals surface area contributed by atoms with Gasteiger partial charge >= 0.3 is 6.09 Å². The van der Waals surface area contributed by atoms with Crippen LogP contribution in [0.4, 0.5) is 10.5 Å². The first-order valence-corrected chi connectivity index (χ1v) is 11.6. The molecule has 1 aromatic rings. The summed E-state index contributed by atoms with van der Waals surface area (Å²) in [7, 11) is 0. The fourth-order valence-corrected chi connectivity index (χ4v) is 4.87. The monoisotopic (exact) mass is 456 g/mol. The van der Waals surface area contributed by atoms with Crippen LogP contribution >= 0.6 is 0 Å². The Kier molecular flexibility index (Phi) is 6.32. The third-order valence-electron chi connectivity index (χ3n) is 6.42. The number of amides is 4. The Morgan fingerprint density at radius 2 is 1.97 bits per heavy atom. The second-order valence-electron chi connectivity index (χ2n) is 10.1. The molecule has 3 aliphatic rings. The van der Waals surface area contributed by atoms with E-state index in [4.69, 9.17) is 4.74 Å². The van der Waals surface area contributed by atoms with E-state index in [1.807, 2.05) is 32.9 Å². The van der Waals surface area contributed by atoms with E-state index in [2.05, 4.69) is 16.0 Å². The van der Waals surface area contributed by atoms with Crippen molar-refractivity contribution in [1.29, 1.82) is 0 Å². The molecule has 1 aromatic carbocycles. The highest BCUT2D eigenvalue weighted by Crippen LogP contribution is 2.35. The highest BCUT2D eigenvalue weighted by Gasteiger charge is 2.40. The van der Waals surface area contributed by atoms with Gasteiger partial charge in [0, 0.05) is 42.4 Å². The van der Waals surface area contributed by atoms with Crippen molar-refractivity contribution in [2.24, 2.45) is 5.92 Å². The predicted octanol–water partition coefficient (Wildman–Crippen LogP) is 2.55. The zero-order chi connectivity index (χ0) is 23.8. The lowest BCUT2D eigenvalue weighted by Crippen LogP contribution is -2.52. The largest absolute Gasteiger partial charge is 0.444 e. The number of imide groups is 1. The van der Waals surface area contributed by atoms with E-state index in [0.717, 1.165) is 30.5 Å². The first kappa shape index (κ1) is 23.1. The highest BCUT2D eigenvalue weighted by atomic mass is 16.6. The van der Waals surface area contributed by atoms with Gasteiger partial charge in [-0.05, 0) is 64.5 Å². The molecule has 3 N–H and O–H groups in total. The van der Waals surface area contributed by atoms with Crippen LogP contribution in [0.25, 0.3) is 0 Å². The Balaban J connectivity index is 1.35. The zero-order valence-corrected chi connectivity index (χ0v) is 19.4. The molecule has 0 spiro atoms. The number of hydrogen-bond donors (Lipinski definition) is 3. The molecule has 3 atom stereocenters. The van der Waals surface area contributed by atoms with Gasteiger partial charge in [0.05, 0.1) is 0 Å². The lowest BCUT2D eigenvalue weighted by Gasteiger charge is -2.29. The maximum absolute atomic E-state index is 13.0. The van der Waals surface area contributed by atoms with Gasteiger partial charge in [-0.1, -0.05) is 6.07 Å². The summed E-state index contributed by atoms with van der Waals surface area (Å²) in [4.78, 5) is 50.3. The van der Waals surface area contributed by atoms with Crippen molar-refractivity contribution in [3.05, 3.63) is 29.3 Å². The molecule has 1 saturated heterocycles. The van der Waals surface area contributed by atoms with Crippen LogP contribution in [-0.4, -0.2) is 52.9 Å². The molecule has 2 aliphatic heterocycles. The summed E-state index contributed by atoms with van der Waals surface area (Å²) >= 11 is 0. The molecule has 33 heavy (non-hydrogen) atoms. The summed E-state index contributed by atoms with van der Waals surface area (Å²) in [5, 5.41) is 8.78. The van der Waals surface area contributed by atoms with Gasteiger partial charge in [0.1, 0.15) is 11.6 Å². The number of nitrogens with one attached hydrogen (secondary N) is 3. The molecule has 4 rings (SSSR count). The van der Waals surface area contributed by atoms with Gasteiger partial charge in [-0.15, -0.1) is 0 Å². The zero-order valence-electron chi connectivity index (χ0n) is 19.4. The van der Waals surface area contributed by atoms with Crippen LogP contribution in [0.1, 0.15) is 68.8 Å². The van der Waals surface area contributed by atoms with E-state index in [9.17, 15) is 19.2 Å². The molecule has 1 aliphatic carbocycles. The highest BCUT2D eigenvalue weighted by molar-refractivity contribution is 6.06. The van der Waals surface area contributed by atoms with Crippen molar-refractivity contribution in [1.82, 2.24) is 15.5 Å². The maximum atomic E-state index is 13.0. The van der Waals surface area contributed by atoms with Crippen LogP contribution in [0.2, 0.25) is 0 Å². The van der Waals surface area contributed by atoms with Gasteiger partial charge in [0.15, 0.2) is 0 Å². The van der Waals surface area contributed by atoms with Crippen molar-refractivity contribution >= 4 is 29.5 Å². The first-order chi connectivity index (χ1) is 15.6. The lowest BCUT2D eigenvalue weighted by atomic mass is 10.0. The number of rotatable bonds is 5.